The standard InChI is InChI=1S/C14H13ClN4O2.C8H14O2/c1-21-14-17-10-5-6-19(9-4-2-3-8(15)7-9)13(20)11(10)12(16)18-14;9-8(10)6-7-4-2-1-3-5-7/h2-4,7H,5-6H2,1H3,(H2,16,17,18);7H,1-6H2,(H,9,10). The first-order valence-corrected chi connectivity index (χ1v) is 10.8. The molecule has 0 spiro atoms. The average molecular weight is 447 g/mol. The second kappa shape index (κ2) is 10.4. The monoisotopic (exact) mass is 446 g/mol. The number of nitrogen functional groups attached to an aromatic ring is 1. The summed E-state index contributed by atoms with van der Waals surface area (Å²) in [4.78, 5) is 32.7. The van der Waals surface area contributed by atoms with E-state index < -0.39 is 5.97 Å². The number of carboxylic acid groups (broad SMARTS) is 1. The highest BCUT2D eigenvalue weighted by atomic mass is 35.5. The molecule has 0 atom stereocenters. The van der Waals surface area contributed by atoms with Crippen LogP contribution in [0.15, 0.2) is 24.3 Å². The largest absolute Gasteiger partial charge is 0.481 e. The molecule has 2 heterocycles. The van der Waals surface area contributed by atoms with Crippen LogP contribution in [0, 0.1) is 5.92 Å². The third-order valence-electron chi connectivity index (χ3n) is 5.51. The first-order valence-electron chi connectivity index (χ1n) is 10.4. The Kier molecular flexibility index (Phi) is 7.68. The van der Waals surface area contributed by atoms with Crippen LogP contribution in [-0.4, -0.2) is 40.6 Å². The highest BCUT2D eigenvalue weighted by Gasteiger charge is 2.30. The molecule has 1 aromatic carbocycles. The van der Waals surface area contributed by atoms with Crippen molar-refractivity contribution in [3.63, 3.8) is 0 Å². The molecule has 1 aliphatic carbocycles. The minimum atomic E-state index is -0.632. The topological polar surface area (TPSA) is 119 Å². The van der Waals surface area contributed by atoms with Crippen molar-refractivity contribution >= 4 is 35.0 Å². The Morgan fingerprint density at radius 2 is 2.03 bits per heavy atom. The van der Waals surface area contributed by atoms with Gasteiger partial charge in [-0.2, -0.15) is 9.97 Å². The number of carboxylic acids is 1. The molecular weight excluding hydrogens is 420 g/mol. The number of carbonyl (C=O) groups excluding carboxylic acids is 1. The van der Waals surface area contributed by atoms with E-state index in [1.165, 1.54) is 26.4 Å². The SMILES string of the molecule is COc1nc(N)c2c(n1)CCN(c1cccc(Cl)c1)C2=O.O=C(O)CC1CCCCC1. The number of halogens is 1. The Morgan fingerprint density at radius 1 is 1.29 bits per heavy atom. The maximum atomic E-state index is 12.6. The van der Waals surface area contributed by atoms with Gasteiger partial charge in [0.2, 0.25) is 0 Å². The van der Waals surface area contributed by atoms with Crippen molar-refractivity contribution in [2.75, 3.05) is 24.3 Å². The summed E-state index contributed by atoms with van der Waals surface area (Å²) in [6.45, 7) is 0.506. The van der Waals surface area contributed by atoms with Crippen molar-refractivity contribution in [2.45, 2.75) is 44.9 Å². The van der Waals surface area contributed by atoms with E-state index in [1.54, 1.807) is 23.1 Å². The van der Waals surface area contributed by atoms with Crippen molar-refractivity contribution in [2.24, 2.45) is 5.92 Å². The predicted octanol–water partition coefficient (Wildman–Crippen LogP) is 3.97. The summed E-state index contributed by atoms with van der Waals surface area (Å²) in [5, 5.41) is 9.04. The lowest BCUT2D eigenvalue weighted by Crippen LogP contribution is -2.39. The minimum Gasteiger partial charge on any atom is -0.481 e. The molecule has 1 saturated carbocycles. The van der Waals surface area contributed by atoms with Crippen molar-refractivity contribution < 1.29 is 19.4 Å². The van der Waals surface area contributed by atoms with Gasteiger partial charge in [0.05, 0.1) is 12.8 Å². The minimum absolute atomic E-state index is 0.133. The normalized spacial score (nSPS) is 16.2. The molecule has 0 bridgehead atoms. The molecule has 8 nitrogen and oxygen atoms in total. The number of amides is 1. The number of benzene rings is 1. The van der Waals surface area contributed by atoms with Crippen molar-refractivity contribution in [1.82, 2.24) is 9.97 Å². The zero-order valence-electron chi connectivity index (χ0n) is 17.5. The average Bonchev–Trinajstić information content (AvgIpc) is 2.74. The number of hydrogen-bond donors (Lipinski definition) is 2. The van der Waals surface area contributed by atoms with Crippen LogP contribution in [-0.2, 0) is 11.2 Å². The zero-order valence-corrected chi connectivity index (χ0v) is 18.3. The second-order valence-corrected chi connectivity index (χ2v) is 8.14. The number of fused-ring (bicyclic) bond motifs is 1. The maximum absolute atomic E-state index is 12.6. The van der Waals surface area contributed by atoms with E-state index in [0.29, 0.717) is 41.6 Å². The molecule has 9 heteroatoms. The molecule has 1 fully saturated rings. The predicted molar refractivity (Wildman–Crippen MR) is 119 cm³/mol. The first-order chi connectivity index (χ1) is 14.9. The molecule has 2 aromatic rings. The molecule has 0 unspecified atom stereocenters. The van der Waals surface area contributed by atoms with Gasteiger partial charge in [0, 0.05) is 30.1 Å². The lowest BCUT2D eigenvalue weighted by atomic mass is 9.87. The number of anilines is 2. The van der Waals surface area contributed by atoms with Crippen LogP contribution in [0.3, 0.4) is 0 Å². The molecule has 0 radical (unpaired) electrons. The Balaban J connectivity index is 0.000000229. The fraction of sp³-hybridized carbons (Fsp3) is 0.455. The Hall–Kier alpha value is -2.87. The quantitative estimate of drug-likeness (QED) is 0.729. The highest BCUT2D eigenvalue weighted by molar-refractivity contribution is 6.31. The smallest absolute Gasteiger partial charge is 0.318 e. The molecule has 1 aliphatic heterocycles. The second-order valence-electron chi connectivity index (χ2n) is 7.71. The van der Waals surface area contributed by atoms with Crippen LogP contribution in [0.25, 0.3) is 0 Å². The zero-order chi connectivity index (χ0) is 22.4. The molecule has 31 heavy (non-hydrogen) atoms. The van der Waals surface area contributed by atoms with Gasteiger partial charge in [0.15, 0.2) is 0 Å². The number of nitrogens with two attached hydrogens (primary N) is 1. The number of hydrogen-bond acceptors (Lipinski definition) is 6. The van der Waals surface area contributed by atoms with Gasteiger partial charge in [-0.25, -0.2) is 0 Å². The van der Waals surface area contributed by atoms with E-state index in [9.17, 15) is 9.59 Å². The molecule has 1 amide bonds. The van der Waals surface area contributed by atoms with Crippen molar-refractivity contribution in [1.29, 1.82) is 0 Å². The summed E-state index contributed by atoms with van der Waals surface area (Å²) >= 11 is 5.98. The fourth-order valence-corrected chi connectivity index (χ4v) is 4.18. The first kappa shape index (κ1) is 22.8. The van der Waals surface area contributed by atoms with Crippen molar-refractivity contribution in [3.05, 3.63) is 40.5 Å². The van der Waals surface area contributed by atoms with E-state index >= 15 is 0 Å². The number of carbonyl (C=O) groups is 2. The maximum Gasteiger partial charge on any atom is 0.318 e. The lowest BCUT2D eigenvalue weighted by Gasteiger charge is -2.28. The van der Waals surface area contributed by atoms with Crippen LogP contribution in [0.1, 0.15) is 54.6 Å². The van der Waals surface area contributed by atoms with E-state index in [-0.39, 0.29) is 17.7 Å². The third kappa shape index (κ3) is 5.85. The summed E-state index contributed by atoms with van der Waals surface area (Å²) in [5.74, 6) is -0.245. The van der Waals surface area contributed by atoms with Gasteiger partial charge in [0.1, 0.15) is 11.4 Å². The van der Waals surface area contributed by atoms with Crippen LogP contribution in [0.5, 0.6) is 6.01 Å². The van der Waals surface area contributed by atoms with Crippen LogP contribution in [0.4, 0.5) is 11.5 Å². The van der Waals surface area contributed by atoms with Gasteiger partial charge in [-0.3, -0.25) is 9.59 Å². The summed E-state index contributed by atoms with van der Waals surface area (Å²) in [6, 6.07) is 7.31. The van der Waals surface area contributed by atoms with Crippen molar-refractivity contribution in [3.8, 4) is 6.01 Å². The molecule has 4 rings (SSSR count). The van der Waals surface area contributed by atoms with Crippen LogP contribution < -0.4 is 15.4 Å². The van der Waals surface area contributed by atoms with Gasteiger partial charge in [-0.15, -0.1) is 0 Å². The molecule has 3 N–H and O–H groups in total. The number of nitrogens with zero attached hydrogens (tertiary/aromatic N) is 3. The van der Waals surface area contributed by atoms with E-state index in [0.717, 1.165) is 18.5 Å². The van der Waals surface area contributed by atoms with E-state index in [1.807, 2.05) is 6.07 Å². The molecule has 2 aliphatic rings. The van der Waals surface area contributed by atoms with Crippen LogP contribution >= 0.6 is 11.6 Å². The van der Waals surface area contributed by atoms with Gasteiger partial charge in [0.25, 0.3) is 5.91 Å². The highest BCUT2D eigenvalue weighted by Crippen LogP contribution is 2.29. The molecule has 0 saturated heterocycles. The number of rotatable bonds is 4. The number of aliphatic carboxylic acids is 1. The summed E-state index contributed by atoms with van der Waals surface area (Å²) < 4.78 is 4.98. The molecular formula is C22H27ClN4O4. The fourth-order valence-electron chi connectivity index (χ4n) is 3.99. The van der Waals surface area contributed by atoms with Gasteiger partial charge in [-0.05, 0) is 37.0 Å². The van der Waals surface area contributed by atoms with Gasteiger partial charge >= 0.3 is 12.0 Å². The number of methoxy groups -OCH3 is 1. The lowest BCUT2D eigenvalue weighted by molar-refractivity contribution is -0.138. The summed E-state index contributed by atoms with van der Waals surface area (Å²) in [6.07, 6.45) is 7.00. The summed E-state index contributed by atoms with van der Waals surface area (Å²) in [7, 11) is 1.46. The van der Waals surface area contributed by atoms with E-state index in [2.05, 4.69) is 9.97 Å². The van der Waals surface area contributed by atoms with Gasteiger partial charge in [-0.1, -0.05) is 36.9 Å². The number of aromatic nitrogens is 2. The van der Waals surface area contributed by atoms with Gasteiger partial charge < -0.3 is 20.5 Å². The Bertz CT molecular complexity index is 947. The molecule has 1 aromatic heterocycles. The van der Waals surface area contributed by atoms with E-state index in [4.69, 9.17) is 27.2 Å². The summed E-state index contributed by atoms with van der Waals surface area (Å²) in [5.41, 5.74) is 7.55. The Morgan fingerprint density at radius 3 is 2.68 bits per heavy atom. The molecule has 166 valence electrons. The Labute approximate surface area is 186 Å². The number of ether oxygens (including phenoxy) is 1. The van der Waals surface area contributed by atoms with Crippen LogP contribution in [0.2, 0.25) is 5.02 Å². The third-order valence-corrected chi connectivity index (χ3v) is 5.75.